The monoisotopic (exact) mass is 309 g/mol. The van der Waals surface area contributed by atoms with Gasteiger partial charge in [-0.1, -0.05) is 18.5 Å². The normalized spacial score (nSPS) is 14.3. The number of hydrogen-bond acceptors (Lipinski definition) is 4. The fourth-order valence-corrected chi connectivity index (χ4v) is 3.31. The van der Waals surface area contributed by atoms with E-state index in [0.717, 1.165) is 17.9 Å². The second-order valence-corrected chi connectivity index (χ2v) is 6.32. The van der Waals surface area contributed by atoms with Crippen molar-refractivity contribution in [2.24, 2.45) is 0 Å². The lowest BCUT2D eigenvalue weighted by Gasteiger charge is -2.15. The molecule has 3 nitrogen and oxygen atoms in total. The van der Waals surface area contributed by atoms with Gasteiger partial charge >= 0.3 is 0 Å². The number of aryl methyl sites for hydroxylation is 1. The van der Waals surface area contributed by atoms with Crippen molar-refractivity contribution in [2.45, 2.75) is 26.3 Å². The van der Waals surface area contributed by atoms with Crippen molar-refractivity contribution in [1.29, 1.82) is 0 Å². The first-order valence-corrected chi connectivity index (χ1v) is 7.81. The summed E-state index contributed by atoms with van der Waals surface area (Å²) in [5, 5.41) is 4.08. The fourth-order valence-electron chi connectivity index (χ4n) is 2.15. The van der Waals surface area contributed by atoms with Crippen molar-refractivity contribution in [2.75, 3.05) is 12.1 Å². The molecule has 20 heavy (non-hydrogen) atoms. The van der Waals surface area contributed by atoms with Gasteiger partial charge in [-0.2, -0.15) is 0 Å². The summed E-state index contributed by atoms with van der Waals surface area (Å²) in [4.78, 5) is 2.70. The van der Waals surface area contributed by atoms with Gasteiger partial charge in [0.25, 0.3) is 0 Å². The minimum Gasteiger partial charge on any atom is -0.454 e. The van der Waals surface area contributed by atoms with Gasteiger partial charge in [-0.05, 0) is 25.5 Å². The Morgan fingerprint density at radius 2 is 2.05 bits per heavy atom. The summed E-state index contributed by atoms with van der Waals surface area (Å²) in [7, 11) is 0. The van der Waals surface area contributed by atoms with Crippen LogP contribution < -0.4 is 14.8 Å². The number of rotatable bonds is 4. The molecule has 2 aromatic rings. The zero-order valence-corrected chi connectivity index (χ0v) is 13.0. The van der Waals surface area contributed by atoms with Crippen LogP contribution in [0.5, 0.6) is 11.5 Å². The zero-order valence-electron chi connectivity index (χ0n) is 11.4. The number of benzene rings is 1. The molecular formula is C15H16ClNO2S. The van der Waals surface area contributed by atoms with Crippen LogP contribution in [0.3, 0.4) is 0 Å². The SMILES string of the molecule is CCc1ccc(C(C)Nc2cc3c(cc2Cl)OCO3)s1. The van der Waals surface area contributed by atoms with Crippen LogP contribution in [-0.4, -0.2) is 6.79 Å². The Morgan fingerprint density at radius 1 is 1.30 bits per heavy atom. The second kappa shape index (κ2) is 5.54. The number of ether oxygens (including phenoxy) is 2. The molecule has 1 aliphatic heterocycles. The minimum absolute atomic E-state index is 0.207. The molecule has 1 atom stereocenters. The molecule has 0 aliphatic carbocycles. The lowest BCUT2D eigenvalue weighted by Crippen LogP contribution is -2.05. The molecule has 1 aromatic heterocycles. The molecule has 0 spiro atoms. The molecule has 1 N–H and O–H groups in total. The van der Waals surface area contributed by atoms with E-state index in [2.05, 4.69) is 31.3 Å². The maximum Gasteiger partial charge on any atom is 0.231 e. The highest BCUT2D eigenvalue weighted by Gasteiger charge is 2.18. The van der Waals surface area contributed by atoms with Gasteiger partial charge in [0, 0.05) is 21.9 Å². The van der Waals surface area contributed by atoms with E-state index in [4.69, 9.17) is 21.1 Å². The van der Waals surface area contributed by atoms with Crippen LogP contribution in [0.2, 0.25) is 5.02 Å². The first-order valence-electron chi connectivity index (χ1n) is 6.61. The highest BCUT2D eigenvalue weighted by atomic mass is 35.5. The van der Waals surface area contributed by atoms with Crippen LogP contribution in [0.1, 0.15) is 29.6 Å². The average molecular weight is 310 g/mol. The summed E-state index contributed by atoms with van der Waals surface area (Å²) >= 11 is 8.11. The summed E-state index contributed by atoms with van der Waals surface area (Å²) in [5.41, 5.74) is 0.870. The first-order chi connectivity index (χ1) is 9.67. The fraction of sp³-hybridized carbons (Fsp3) is 0.333. The molecule has 3 rings (SSSR count). The maximum absolute atomic E-state index is 6.28. The molecule has 106 valence electrons. The number of nitrogens with one attached hydrogen (secondary N) is 1. The molecule has 0 saturated heterocycles. The Kier molecular flexibility index (Phi) is 3.76. The number of halogens is 1. The summed E-state index contributed by atoms with van der Waals surface area (Å²) in [6.07, 6.45) is 1.07. The Labute approximate surface area is 127 Å². The van der Waals surface area contributed by atoms with Crippen molar-refractivity contribution in [3.8, 4) is 11.5 Å². The Bertz CT molecular complexity index is 626. The average Bonchev–Trinajstić information content (AvgIpc) is 3.07. The summed E-state index contributed by atoms with van der Waals surface area (Å²) in [5.74, 6) is 1.45. The highest BCUT2D eigenvalue weighted by Crippen LogP contribution is 2.40. The van der Waals surface area contributed by atoms with Crippen LogP contribution in [0.15, 0.2) is 24.3 Å². The van der Waals surface area contributed by atoms with Gasteiger partial charge in [0.2, 0.25) is 6.79 Å². The quantitative estimate of drug-likeness (QED) is 0.874. The lowest BCUT2D eigenvalue weighted by molar-refractivity contribution is 0.174. The lowest BCUT2D eigenvalue weighted by atomic mass is 10.2. The molecule has 5 heteroatoms. The topological polar surface area (TPSA) is 30.5 Å². The third kappa shape index (κ3) is 2.58. The summed E-state index contributed by atoms with van der Waals surface area (Å²) in [6, 6.07) is 8.25. The van der Waals surface area contributed by atoms with Crippen molar-refractivity contribution in [1.82, 2.24) is 0 Å². The maximum atomic E-state index is 6.28. The predicted octanol–water partition coefficient (Wildman–Crippen LogP) is 4.87. The molecule has 0 amide bonds. The van der Waals surface area contributed by atoms with E-state index in [1.54, 1.807) is 6.07 Å². The van der Waals surface area contributed by atoms with Crippen LogP contribution in [-0.2, 0) is 6.42 Å². The van der Waals surface area contributed by atoms with Crippen molar-refractivity contribution in [3.63, 3.8) is 0 Å². The standard InChI is InChI=1S/C15H16ClNO2S/c1-3-10-4-5-15(20-10)9(2)17-12-7-14-13(6-11(12)16)18-8-19-14/h4-7,9,17H,3,8H2,1-2H3. The zero-order chi connectivity index (χ0) is 14.1. The second-order valence-electron chi connectivity index (χ2n) is 4.71. The first kappa shape index (κ1) is 13.6. The molecule has 1 unspecified atom stereocenters. The van der Waals surface area contributed by atoms with Crippen molar-refractivity contribution in [3.05, 3.63) is 39.0 Å². The smallest absolute Gasteiger partial charge is 0.231 e. The number of hydrogen-bond donors (Lipinski definition) is 1. The molecule has 0 saturated carbocycles. The highest BCUT2D eigenvalue weighted by molar-refractivity contribution is 7.12. The largest absolute Gasteiger partial charge is 0.454 e. The van der Waals surface area contributed by atoms with Crippen LogP contribution in [0, 0.1) is 0 Å². The Hall–Kier alpha value is -1.39. The third-order valence-corrected chi connectivity index (χ3v) is 5.02. The van der Waals surface area contributed by atoms with Crippen LogP contribution in [0.4, 0.5) is 5.69 Å². The van der Waals surface area contributed by atoms with Gasteiger partial charge < -0.3 is 14.8 Å². The van der Waals surface area contributed by atoms with E-state index in [0.29, 0.717) is 10.8 Å². The van der Waals surface area contributed by atoms with E-state index in [-0.39, 0.29) is 12.8 Å². The minimum atomic E-state index is 0.207. The Morgan fingerprint density at radius 3 is 2.75 bits per heavy atom. The van der Waals surface area contributed by atoms with E-state index in [1.165, 1.54) is 9.75 Å². The third-order valence-electron chi connectivity index (χ3n) is 3.29. The van der Waals surface area contributed by atoms with E-state index in [9.17, 15) is 0 Å². The Balaban J connectivity index is 1.80. The molecule has 0 radical (unpaired) electrons. The van der Waals surface area contributed by atoms with E-state index >= 15 is 0 Å². The molecule has 1 aliphatic rings. The summed E-state index contributed by atoms with van der Waals surface area (Å²) in [6.45, 7) is 4.56. The van der Waals surface area contributed by atoms with Crippen LogP contribution >= 0.6 is 22.9 Å². The predicted molar refractivity (Wildman–Crippen MR) is 83.3 cm³/mol. The summed E-state index contributed by atoms with van der Waals surface area (Å²) < 4.78 is 10.7. The van der Waals surface area contributed by atoms with E-state index in [1.807, 2.05) is 17.4 Å². The van der Waals surface area contributed by atoms with Gasteiger partial charge in [-0.25, -0.2) is 0 Å². The van der Waals surface area contributed by atoms with Gasteiger partial charge in [0.1, 0.15) is 0 Å². The van der Waals surface area contributed by atoms with Crippen molar-refractivity contribution >= 4 is 28.6 Å². The molecule has 2 heterocycles. The van der Waals surface area contributed by atoms with Crippen LogP contribution in [0.25, 0.3) is 0 Å². The molecule has 0 fully saturated rings. The van der Waals surface area contributed by atoms with E-state index < -0.39 is 0 Å². The number of fused-ring (bicyclic) bond motifs is 1. The van der Waals surface area contributed by atoms with Gasteiger partial charge in [-0.15, -0.1) is 11.3 Å². The van der Waals surface area contributed by atoms with Gasteiger partial charge in [0.15, 0.2) is 11.5 Å². The molecule has 0 bridgehead atoms. The van der Waals surface area contributed by atoms with Gasteiger partial charge in [0.05, 0.1) is 16.8 Å². The van der Waals surface area contributed by atoms with Gasteiger partial charge in [-0.3, -0.25) is 0 Å². The molecular weight excluding hydrogens is 294 g/mol. The van der Waals surface area contributed by atoms with Crippen molar-refractivity contribution < 1.29 is 9.47 Å². The number of anilines is 1. The number of thiophene rings is 1. The molecule has 1 aromatic carbocycles.